The molecule has 1 amide bonds. The molecule has 0 aliphatic carbocycles. The van der Waals surface area contributed by atoms with Crippen molar-refractivity contribution in [3.63, 3.8) is 0 Å². The molecule has 2 aromatic carbocycles. The molecular formula is C19H25ClN2O. The summed E-state index contributed by atoms with van der Waals surface area (Å²) in [6, 6.07) is 20.7. The van der Waals surface area contributed by atoms with Crippen LogP contribution in [-0.2, 0) is 4.79 Å². The standard InChI is InChI=1S/C19H24N2O.ClH/c1-15(20-2)14-21-19(22)13-18(16-9-5-3-6-10-16)17-11-7-4-8-12-17;/h3-12,15,18,20H,13-14H2,1-2H3,(H,21,22);1H. The van der Waals surface area contributed by atoms with Gasteiger partial charge in [0.15, 0.2) is 0 Å². The SMILES string of the molecule is CNC(C)CNC(=O)CC(c1ccccc1)c1ccccc1.Cl. The highest BCUT2D eigenvalue weighted by Crippen LogP contribution is 2.27. The molecule has 0 radical (unpaired) electrons. The minimum Gasteiger partial charge on any atom is -0.355 e. The molecule has 0 aromatic heterocycles. The highest BCUT2D eigenvalue weighted by atomic mass is 35.5. The van der Waals surface area contributed by atoms with E-state index >= 15 is 0 Å². The van der Waals surface area contributed by atoms with E-state index in [4.69, 9.17) is 0 Å². The van der Waals surface area contributed by atoms with Crippen molar-refractivity contribution in [2.75, 3.05) is 13.6 Å². The van der Waals surface area contributed by atoms with Gasteiger partial charge in [0.05, 0.1) is 0 Å². The van der Waals surface area contributed by atoms with Crippen molar-refractivity contribution in [3.8, 4) is 0 Å². The second-order valence-electron chi connectivity index (χ2n) is 5.57. The Morgan fingerprint density at radius 1 is 0.957 bits per heavy atom. The van der Waals surface area contributed by atoms with E-state index in [9.17, 15) is 4.79 Å². The molecule has 2 rings (SSSR count). The van der Waals surface area contributed by atoms with E-state index in [1.165, 1.54) is 11.1 Å². The van der Waals surface area contributed by atoms with Crippen molar-refractivity contribution in [1.29, 1.82) is 0 Å². The van der Waals surface area contributed by atoms with Crippen LogP contribution in [0.2, 0.25) is 0 Å². The molecule has 23 heavy (non-hydrogen) atoms. The summed E-state index contributed by atoms with van der Waals surface area (Å²) in [6.07, 6.45) is 0.463. The zero-order chi connectivity index (χ0) is 15.8. The van der Waals surface area contributed by atoms with Gasteiger partial charge in [0, 0.05) is 24.9 Å². The minimum atomic E-state index is 0. The molecule has 124 valence electrons. The van der Waals surface area contributed by atoms with Gasteiger partial charge < -0.3 is 10.6 Å². The number of nitrogens with one attached hydrogen (secondary N) is 2. The lowest BCUT2D eigenvalue weighted by molar-refractivity contribution is -0.121. The fourth-order valence-electron chi connectivity index (χ4n) is 2.43. The van der Waals surface area contributed by atoms with Gasteiger partial charge in [-0.05, 0) is 25.1 Å². The second kappa shape index (κ2) is 10.0. The normalized spacial score (nSPS) is 11.6. The molecule has 0 bridgehead atoms. The fraction of sp³-hybridized carbons (Fsp3) is 0.316. The second-order valence-corrected chi connectivity index (χ2v) is 5.57. The van der Waals surface area contributed by atoms with Crippen molar-refractivity contribution < 1.29 is 4.79 Å². The van der Waals surface area contributed by atoms with Gasteiger partial charge in [0.25, 0.3) is 0 Å². The number of carbonyl (C=O) groups is 1. The van der Waals surface area contributed by atoms with Gasteiger partial charge in [0.2, 0.25) is 5.91 Å². The molecule has 3 nitrogen and oxygen atoms in total. The maximum Gasteiger partial charge on any atom is 0.221 e. The van der Waals surface area contributed by atoms with E-state index in [0.717, 1.165) is 0 Å². The average Bonchev–Trinajstić information content (AvgIpc) is 2.59. The van der Waals surface area contributed by atoms with Crippen LogP contribution in [0.5, 0.6) is 0 Å². The van der Waals surface area contributed by atoms with Crippen molar-refractivity contribution in [1.82, 2.24) is 10.6 Å². The lowest BCUT2D eigenvalue weighted by Gasteiger charge is -2.19. The first-order valence-corrected chi connectivity index (χ1v) is 7.74. The molecule has 1 unspecified atom stereocenters. The summed E-state index contributed by atoms with van der Waals surface area (Å²) < 4.78 is 0. The molecule has 0 saturated carbocycles. The highest BCUT2D eigenvalue weighted by molar-refractivity contribution is 5.85. The van der Waals surface area contributed by atoms with E-state index in [-0.39, 0.29) is 30.3 Å². The largest absolute Gasteiger partial charge is 0.355 e. The predicted octanol–water partition coefficient (Wildman–Crippen LogP) is 3.35. The lowest BCUT2D eigenvalue weighted by atomic mass is 9.88. The van der Waals surface area contributed by atoms with Gasteiger partial charge in [-0.1, -0.05) is 60.7 Å². The van der Waals surface area contributed by atoms with Crippen LogP contribution in [0, 0.1) is 0 Å². The molecular weight excluding hydrogens is 308 g/mol. The van der Waals surface area contributed by atoms with E-state index in [2.05, 4.69) is 34.9 Å². The van der Waals surface area contributed by atoms with Crippen LogP contribution >= 0.6 is 12.4 Å². The predicted molar refractivity (Wildman–Crippen MR) is 98.1 cm³/mol. The molecule has 0 spiro atoms. The van der Waals surface area contributed by atoms with Gasteiger partial charge in [-0.2, -0.15) is 0 Å². The fourth-order valence-corrected chi connectivity index (χ4v) is 2.43. The number of hydrogen-bond donors (Lipinski definition) is 2. The molecule has 2 aromatic rings. The van der Waals surface area contributed by atoms with Crippen LogP contribution in [0.15, 0.2) is 60.7 Å². The number of hydrogen-bond acceptors (Lipinski definition) is 2. The molecule has 2 N–H and O–H groups in total. The highest BCUT2D eigenvalue weighted by Gasteiger charge is 2.18. The third-order valence-corrected chi connectivity index (χ3v) is 3.89. The first kappa shape index (κ1) is 19.2. The van der Waals surface area contributed by atoms with Crippen LogP contribution in [0.25, 0.3) is 0 Å². The Bertz CT molecular complexity index is 535. The molecule has 0 saturated heterocycles. The monoisotopic (exact) mass is 332 g/mol. The summed E-state index contributed by atoms with van der Waals surface area (Å²) in [5.74, 6) is 0.173. The van der Waals surface area contributed by atoms with E-state index < -0.39 is 0 Å². The number of carbonyl (C=O) groups excluding carboxylic acids is 1. The quantitative estimate of drug-likeness (QED) is 0.816. The van der Waals surface area contributed by atoms with Gasteiger partial charge in [-0.15, -0.1) is 12.4 Å². The van der Waals surface area contributed by atoms with Crippen LogP contribution in [0.1, 0.15) is 30.4 Å². The van der Waals surface area contributed by atoms with Crippen molar-refractivity contribution >= 4 is 18.3 Å². The first-order valence-electron chi connectivity index (χ1n) is 7.74. The van der Waals surface area contributed by atoms with Crippen LogP contribution < -0.4 is 10.6 Å². The lowest BCUT2D eigenvalue weighted by Crippen LogP contribution is -2.37. The van der Waals surface area contributed by atoms with E-state index in [0.29, 0.717) is 13.0 Å². The summed E-state index contributed by atoms with van der Waals surface area (Å²) in [5, 5.41) is 6.12. The summed E-state index contributed by atoms with van der Waals surface area (Å²) in [7, 11) is 1.90. The Morgan fingerprint density at radius 3 is 1.87 bits per heavy atom. The van der Waals surface area contributed by atoms with E-state index in [1.54, 1.807) is 0 Å². The molecule has 0 fully saturated rings. The number of rotatable bonds is 7. The van der Waals surface area contributed by atoms with Gasteiger partial charge in [-0.3, -0.25) is 4.79 Å². The topological polar surface area (TPSA) is 41.1 Å². The molecule has 0 heterocycles. The zero-order valence-corrected chi connectivity index (χ0v) is 14.5. The van der Waals surface area contributed by atoms with Gasteiger partial charge >= 0.3 is 0 Å². The van der Waals surface area contributed by atoms with Crippen LogP contribution in [0.3, 0.4) is 0 Å². The summed E-state index contributed by atoms with van der Waals surface area (Å²) in [4.78, 5) is 12.3. The maximum atomic E-state index is 12.3. The summed E-state index contributed by atoms with van der Waals surface area (Å²) in [6.45, 7) is 2.69. The Labute approximate surface area is 144 Å². The number of benzene rings is 2. The molecule has 4 heteroatoms. The Morgan fingerprint density at radius 2 is 1.43 bits per heavy atom. The number of likely N-dealkylation sites (N-methyl/N-ethyl adjacent to an activating group) is 1. The summed E-state index contributed by atoms with van der Waals surface area (Å²) in [5.41, 5.74) is 2.34. The van der Waals surface area contributed by atoms with Crippen molar-refractivity contribution in [2.24, 2.45) is 0 Å². The Balaban J connectivity index is 0.00000264. The number of amides is 1. The van der Waals surface area contributed by atoms with Crippen molar-refractivity contribution in [2.45, 2.75) is 25.3 Å². The maximum absolute atomic E-state index is 12.3. The molecule has 0 aliphatic rings. The Kier molecular flexibility index (Phi) is 8.38. The molecule has 0 aliphatic heterocycles. The van der Waals surface area contributed by atoms with Crippen molar-refractivity contribution in [3.05, 3.63) is 71.8 Å². The third-order valence-electron chi connectivity index (χ3n) is 3.89. The molecule has 1 atom stereocenters. The van der Waals surface area contributed by atoms with Crippen LogP contribution in [-0.4, -0.2) is 25.5 Å². The minimum absolute atomic E-state index is 0. The van der Waals surface area contributed by atoms with E-state index in [1.807, 2.05) is 50.4 Å². The van der Waals surface area contributed by atoms with Gasteiger partial charge in [-0.25, -0.2) is 0 Å². The summed E-state index contributed by atoms with van der Waals surface area (Å²) >= 11 is 0. The first-order chi connectivity index (χ1) is 10.7. The number of halogens is 1. The van der Waals surface area contributed by atoms with Crippen LogP contribution in [0.4, 0.5) is 0 Å². The smallest absolute Gasteiger partial charge is 0.221 e. The zero-order valence-electron chi connectivity index (χ0n) is 13.7. The third kappa shape index (κ3) is 6.05. The van der Waals surface area contributed by atoms with Gasteiger partial charge in [0.1, 0.15) is 0 Å². The average molecular weight is 333 g/mol. The Hall–Kier alpha value is -1.84.